The SMILES string of the molecule is O=C(Nc1cccc(S(=O)(=O)NC2=NCCC2)c1)c1cc2ccccc2o1. The molecular weight excluding hydrogens is 366 g/mol. The molecule has 0 unspecified atom stereocenters. The van der Waals surface area contributed by atoms with Gasteiger partial charge in [-0.3, -0.25) is 14.5 Å². The predicted molar refractivity (Wildman–Crippen MR) is 102 cm³/mol. The number of para-hydroxylation sites is 1. The highest BCUT2D eigenvalue weighted by Gasteiger charge is 2.19. The zero-order valence-corrected chi connectivity index (χ0v) is 15.1. The van der Waals surface area contributed by atoms with Gasteiger partial charge in [-0.05, 0) is 36.8 Å². The summed E-state index contributed by atoms with van der Waals surface area (Å²) in [5.74, 6) is 0.170. The van der Waals surface area contributed by atoms with Crippen LogP contribution in [-0.2, 0) is 10.0 Å². The van der Waals surface area contributed by atoms with E-state index in [-0.39, 0.29) is 10.7 Å². The van der Waals surface area contributed by atoms with Crippen LogP contribution in [0.25, 0.3) is 11.0 Å². The Labute approximate surface area is 156 Å². The van der Waals surface area contributed by atoms with Crippen molar-refractivity contribution >= 4 is 38.4 Å². The van der Waals surface area contributed by atoms with Crippen LogP contribution in [0.2, 0.25) is 0 Å². The summed E-state index contributed by atoms with van der Waals surface area (Å²) >= 11 is 0. The van der Waals surface area contributed by atoms with Gasteiger partial charge in [-0.15, -0.1) is 0 Å². The number of hydrogen-bond donors (Lipinski definition) is 2. The number of nitrogens with one attached hydrogen (secondary N) is 2. The topological polar surface area (TPSA) is 101 Å². The molecule has 0 saturated heterocycles. The van der Waals surface area contributed by atoms with Gasteiger partial charge in [-0.1, -0.05) is 24.3 Å². The average molecular weight is 383 g/mol. The van der Waals surface area contributed by atoms with E-state index >= 15 is 0 Å². The van der Waals surface area contributed by atoms with Crippen LogP contribution in [0.1, 0.15) is 23.4 Å². The highest BCUT2D eigenvalue weighted by Crippen LogP contribution is 2.21. The van der Waals surface area contributed by atoms with Gasteiger partial charge in [0.25, 0.3) is 15.9 Å². The van der Waals surface area contributed by atoms with Crippen LogP contribution in [0, 0.1) is 0 Å². The number of rotatable bonds is 4. The minimum atomic E-state index is -3.74. The molecule has 0 spiro atoms. The van der Waals surface area contributed by atoms with E-state index in [0.717, 1.165) is 11.8 Å². The number of nitrogens with zero attached hydrogens (tertiary/aromatic N) is 1. The van der Waals surface area contributed by atoms with Crippen molar-refractivity contribution in [2.75, 3.05) is 11.9 Å². The zero-order valence-electron chi connectivity index (χ0n) is 14.3. The molecule has 0 fully saturated rings. The van der Waals surface area contributed by atoms with E-state index in [1.807, 2.05) is 18.2 Å². The minimum absolute atomic E-state index is 0.0551. The third-order valence-electron chi connectivity index (χ3n) is 4.18. The molecule has 0 atom stereocenters. The maximum absolute atomic E-state index is 12.5. The Morgan fingerprint density at radius 3 is 2.70 bits per heavy atom. The second-order valence-corrected chi connectivity index (χ2v) is 7.85. The summed E-state index contributed by atoms with van der Waals surface area (Å²) in [5, 5.41) is 3.49. The molecule has 8 heteroatoms. The van der Waals surface area contributed by atoms with E-state index < -0.39 is 15.9 Å². The number of carbonyl (C=O) groups is 1. The Morgan fingerprint density at radius 2 is 1.93 bits per heavy atom. The lowest BCUT2D eigenvalue weighted by molar-refractivity contribution is 0.0998. The van der Waals surface area contributed by atoms with Crippen LogP contribution in [0.5, 0.6) is 0 Å². The summed E-state index contributed by atoms with van der Waals surface area (Å²) in [6, 6.07) is 15.0. The maximum Gasteiger partial charge on any atom is 0.291 e. The van der Waals surface area contributed by atoms with E-state index in [0.29, 0.717) is 30.1 Å². The second-order valence-electron chi connectivity index (χ2n) is 6.17. The molecule has 3 aromatic rings. The largest absolute Gasteiger partial charge is 0.451 e. The lowest BCUT2D eigenvalue weighted by atomic mass is 10.2. The Morgan fingerprint density at radius 1 is 1.07 bits per heavy atom. The molecule has 7 nitrogen and oxygen atoms in total. The first-order chi connectivity index (χ1) is 13.0. The number of sulfonamides is 1. The van der Waals surface area contributed by atoms with E-state index in [9.17, 15) is 13.2 Å². The zero-order chi connectivity index (χ0) is 18.9. The van der Waals surface area contributed by atoms with Crippen molar-refractivity contribution in [2.45, 2.75) is 17.7 Å². The highest BCUT2D eigenvalue weighted by atomic mass is 32.2. The molecule has 138 valence electrons. The van der Waals surface area contributed by atoms with Crippen LogP contribution < -0.4 is 10.0 Å². The van der Waals surface area contributed by atoms with Gasteiger partial charge in [0.15, 0.2) is 5.76 Å². The Balaban J connectivity index is 1.54. The first kappa shape index (κ1) is 17.3. The van der Waals surface area contributed by atoms with Gasteiger partial charge in [0.05, 0.1) is 4.90 Å². The summed E-state index contributed by atoms with van der Waals surface area (Å²) in [4.78, 5) is 16.6. The number of aliphatic imine (C=N–C) groups is 1. The lowest BCUT2D eigenvalue weighted by Crippen LogP contribution is -2.29. The maximum atomic E-state index is 12.5. The van der Waals surface area contributed by atoms with E-state index in [4.69, 9.17) is 4.42 Å². The number of amides is 1. The molecule has 4 rings (SSSR count). The molecule has 27 heavy (non-hydrogen) atoms. The molecule has 1 aliphatic heterocycles. The van der Waals surface area contributed by atoms with Crippen molar-refractivity contribution in [1.82, 2.24) is 4.72 Å². The number of hydrogen-bond acceptors (Lipinski definition) is 5. The lowest BCUT2D eigenvalue weighted by Gasteiger charge is -2.09. The monoisotopic (exact) mass is 383 g/mol. The summed E-state index contributed by atoms with van der Waals surface area (Å²) < 4.78 is 33.0. The standard InChI is InChI=1S/C19H17N3O4S/c23-19(17-11-13-5-1-2-8-16(13)26-17)21-14-6-3-7-15(12-14)27(24,25)22-18-9-4-10-20-18/h1-3,5-8,11-12H,4,9-10H2,(H,20,22)(H,21,23). The Bertz CT molecular complexity index is 1120. The number of amidine groups is 1. The Hall–Kier alpha value is -3.13. The van der Waals surface area contributed by atoms with E-state index in [2.05, 4.69) is 15.0 Å². The number of benzene rings is 2. The van der Waals surface area contributed by atoms with Crippen molar-refractivity contribution in [3.8, 4) is 0 Å². The molecule has 0 saturated carbocycles. The van der Waals surface area contributed by atoms with Gasteiger partial charge in [-0.2, -0.15) is 0 Å². The highest BCUT2D eigenvalue weighted by molar-refractivity contribution is 7.90. The summed E-state index contributed by atoms with van der Waals surface area (Å²) in [6.45, 7) is 0.630. The second kappa shape index (κ2) is 6.88. The molecule has 0 aliphatic carbocycles. The smallest absolute Gasteiger partial charge is 0.291 e. The molecule has 1 aromatic heterocycles. The number of furan rings is 1. The van der Waals surface area contributed by atoms with Crippen LogP contribution in [0.15, 0.2) is 68.9 Å². The number of carbonyl (C=O) groups excluding carboxylic acids is 1. The average Bonchev–Trinajstić information content (AvgIpc) is 3.31. The fourth-order valence-electron chi connectivity index (χ4n) is 2.86. The van der Waals surface area contributed by atoms with Gasteiger partial charge in [0.1, 0.15) is 11.4 Å². The summed E-state index contributed by atoms with van der Waals surface area (Å²) in [6.07, 6.45) is 1.45. The van der Waals surface area contributed by atoms with Crippen LogP contribution in [0.3, 0.4) is 0 Å². The molecule has 1 aliphatic rings. The van der Waals surface area contributed by atoms with Crippen LogP contribution in [0.4, 0.5) is 5.69 Å². The van der Waals surface area contributed by atoms with Gasteiger partial charge in [0.2, 0.25) is 0 Å². The van der Waals surface area contributed by atoms with Gasteiger partial charge in [-0.25, -0.2) is 8.42 Å². The number of fused-ring (bicyclic) bond motifs is 1. The van der Waals surface area contributed by atoms with E-state index in [1.165, 1.54) is 12.1 Å². The predicted octanol–water partition coefficient (Wildman–Crippen LogP) is 3.16. The third-order valence-corrected chi connectivity index (χ3v) is 5.56. The molecule has 2 heterocycles. The molecule has 2 N–H and O–H groups in total. The first-order valence-corrected chi connectivity index (χ1v) is 9.96. The van der Waals surface area contributed by atoms with Crippen molar-refractivity contribution in [2.24, 2.45) is 4.99 Å². The summed E-state index contributed by atoms with van der Waals surface area (Å²) in [7, 11) is -3.74. The molecule has 0 radical (unpaired) electrons. The summed E-state index contributed by atoms with van der Waals surface area (Å²) in [5.41, 5.74) is 0.970. The van der Waals surface area contributed by atoms with Gasteiger partial charge < -0.3 is 9.73 Å². The molecule has 0 bridgehead atoms. The van der Waals surface area contributed by atoms with Gasteiger partial charge >= 0.3 is 0 Å². The quantitative estimate of drug-likeness (QED) is 0.723. The van der Waals surface area contributed by atoms with Crippen molar-refractivity contribution in [3.05, 3.63) is 60.4 Å². The van der Waals surface area contributed by atoms with Crippen molar-refractivity contribution < 1.29 is 17.6 Å². The van der Waals surface area contributed by atoms with Crippen LogP contribution >= 0.6 is 0 Å². The van der Waals surface area contributed by atoms with Crippen LogP contribution in [-0.4, -0.2) is 26.7 Å². The van der Waals surface area contributed by atoms with Crippen molar-refractivity contribution in [1.29, 1.82) is 0 Å². The van der Waals surface area contributed by atoms with Gasteiger partial charge in [0, 0.05) is 24.0 Å². The first-order valence-electron chi connectivity index (χ1n) is 8.47. The fourth-order valence-corrected chi connectivity index (χ4v) is 4.00. The number of anilines is 1. The van der Waals surface area contributed by atoms with Crippen molar-refractivity contribution in [3.63, 3.8) is 0 Å². The minimum Gasteiger partial charge on any atom is -0.451 e. The third kappa shape index (κ3) is 3.70. The normalized spacial score (nSPS) is 14.1. The molecule has 2 aromatic carbocycles. The Kier molecular flexibility index (Phi) is 4.41. The van der Waals surface area contributed by atoms with E-state index in [1.54, 1.807) is 24.3 Å². The molecule has 1 amide bonds. The fraction of sp³-hybridized carbons (Fsp3) is 0.158. The molecular formula is C19H17N3O4S.